The number of nitrogens with one attached hydrogen (secondary N) is 1. The number of aryl methyl sites for hydroxylation is 1. The molecule has 0 spiro atoms. The molecule has 26 heavy (non-hydrogen) atoms. The Morgan fingerprint density at radius 2 is 1.88 bits per heavy atom. The molecule has 0 saturated heterocycles. The fourth-order valence-electron chi connectivity index (χ4n) is 6.04. The topological polar surface area (TPSA) is 55.4 Å². The normalized spacial score (nSPS) is 33.0. The number of carbonyl (C=O) groups is 2. The number of hydrogen-bond acceptors (Lipinski definition) is 4. The second-order valence-electron chi connectivity index (χ2n) is 8.81. The molecule has 0 aliphatic heterocycles. The molecule has 4 aliphatic rings. The third-order valence-electron chi connectivity index (χ3n) is 6.90. The van der Waals surface area contributed by atoms with E-state index in [-0.39, 0.29) is 29.9 Å². The van der Waals surface area contributed by atoms with Gasteiger partial charge in [-0.05, 0) is 86.5 Å². The number of hydrogen-bond donors (Lipinski definition) is 1. The minimum absolute atomic E-state index is 0.153. The SMILES string of the molecule is C[C@@H](NC(=O)COC(=O)CCc1cccs1)C12CC3CC(CC(C3)C1)C2. The van der Waals surface area contributed by atoms with Crippen LogP contribution in [0.2, 0.25) is 0 Å². The van der Waals surface area contributed by atoms with Gasteiger partial charge in [-0.3, -0.25) is 9.59 Å². The van der Waals surface area contributed by atoms with Gasteiger partial charge in [-0.1, -0.05) is 6.07 Å². The highest BCUT2D eigenvalue weighted by Crippen LogP contribution is 2.61. The molecule has 0 unspecified atom stereocenters. The van der Waals surface area contributed by atoms with Crippen molar-refractivity contribution in [3.8, 4) is 0 Å². The molecule has 0 radical (unpaired) electrons. The number of esters is 1. The lowest BCUT2D eigenvalue weighted by Gasteiger charge is -2.59. The molecular formula is C21H29NO3S. The van der Waals surface area contributed by atoms with Crippen LogP contribution in [0, 0.1) is 23.2 Å². The smallest absolute Gasteiger partial charge is 0.306 e. The van der Waals surface area contributed by atoms with Crippen molar-refractivity contribution >= 4 is 23.2 Å². The van der Waals surface area contributed by atoms with E-state index in [4.69, 9.17) is 4.74 Å². The largest absolute Gasteiger partial charge is 0.456 e. The van der Waals surface area contributed by atoms with Gasteiger partial charge in [0, 0.05) is 10.9 Å². The maximum Gasteiger partial charge on any atom is 0.306 e. The van der Waals surface area contributed by atoms with E-state index in [1.165, 1.54) is 43.4 Å². The van der Waals surface area contributed by atoms with Crippen LogP contribution in [0.1, 0.15) is 56.7 Å². The van der Waals surface area contributed by atoms with Crippen molar-refractivity contribution in [2.75, 3.05) is 6.61 Å². The molecular weight excluding hydrogens is 346 g/mol. The zero-order valence-corrected chi connectivity index (χ0v) is 16.4. The van der Waals surface area contributed by atoms with Gasteiger partial charge in [0.1, 0.15) is 0 Å². The lowest BCUT2D eigenvalue weighted by molar-refractivity contribution is -0.149. The predicted molar refractivity (Wildman–Crippen MR) is 102 cm³/mol. The maximum absolute atomic E-state index is 12.3. The standard InChI is InChI=1S/C21H29NO3S/c1-14(21-10-15-7-16(11-21)9-17(8-15)12-21)22-19(23)13-25-20(24)5-4-18-3-2-6-26-18/h2-3,6,14-17H,4-5,7-13H2,1H3,(H,22,23)/t14-,15?,16?,17?,21?/m1/s1. The summed E-state index contributed by atoms with van der Waals surface area (Å²) in [5.74, 6) is 2.16. The fraction of sp³-hybridized carbons (Fsp3) is 0.714. The molecule has 4 bridgehead atoms. The molecule has 1 N–H and O–H groups in total. The van der Waals surface area contributed by atoms with Crippen LogP contribution in [0.5, 0.6) is 0 Å². The zero-order valence-electron chi connectivity index (χ0n) is 15.5. The molecule has 1 amide bonds. The Labute approximate surface area is 159 Å². The van der Waals surface area contributed by atoms with E-state index in [0.29, 0.717) is 12.8 Å². The number of amides is 1. The van der Waals surface area contributed by atoms with E-state index >= 15 is 0 Å². The highest BCUT2D eigenvalue weighted by Gasteiger charge is 2.53. The fourth-order valence-corrected chi connectivity index (χ4v) is 6.75. The van der Waals surface area contributed by atoms with Crippen LogP contribution >= 0.6 is 11.3 Å². The van der Waals surface area contributed by atoms with Gasteiger partial charge in [0.25, 0.3) is 5.91 Å². The van der Waals surface area contributed by atoms with Crippen LogP contribution in [0.25, 0.3) is 0 Å². The lowest BCUT2D eigenvalue weighted by atomic mass is 9.48. The Hall–Kier alpha value is -1.36. The first-order valence-electron chi connectivity index (χ1n) is 10.00. The van der Waals surface area contributed by atoms with Crippen molar-refractivity contribution in [3.05, 3.63) is 22.4 Å². The first kappa shape index (κ1) is 18.0. The van der Waals surface area contributed by atoms with E-state index in [1.807, 2.05) is 17.5 Å². The van der Waals surface area contributed by atoms with E-state index in [9.17, 15) is 9.59 Å². The van der Waals surface area contributed by atoms with Crippen LogP contribution in [0.4, 0.5) is 0 Å². The highest BCUT2D eigenvalue weighted by molar-refractivity contribution is 7.09. The summed E-state index contributed by atoms with van der Waals surface area (Å²) in [6, 6.07) is 4.16. The van der Waals surface area contributed by atoms with Gasteiger partial charge >= 0.3 is 5.97 Å². The average molecular weight is 376 g/mol. The Kier molecular flexibility index (Phi) is 5.09. The van der Waals surface area contributed by atoms with Gasteiger partial charge < -0.3 is 10.1 Å². The number of rotatable bonds is 7. The van der Waals surface area contributed by atoms with Crippen LogP contribution in [-0.4, -0.2) is 24.5 Å². The van der Waals surface area contributed by atoms with Crippen LogP contribution < -0.4 is 5.32 Å². The van der Waals surface area contributed by atoms with Gasteiger partial charge in [0.2, 0.25) is 0 Å². The van der Waals surface area contributed by atoms with Crippen molar-refractivity contribution in [1.82, 2.24) is 5.32 Å². The number of carbonyl (C=O) groups excluding carboxylic acids is 2. The predicted octanol–water partition coefficient (Wildman–Crippen LogP) is 3.95. The van der Waals surface area contributed by atoms with Crippen LogP contribution in [0.3, 0.4) is 0 Å². The van der Waals surface area contributed by atoms with Gasteiger partial charge in [0.05, 0.1) is 6.42 Å². The lowest BCUT2D eigenvalue weighted by Crippen LogP contribution is -2.56. The van der Waals surface area contributed by atoms with Crippen molar-refractivity contribution in [1.29, 1.82) is 0 Å². The first-order valence-corrected chi connectivity index (χ1v) is 10.9. The van der Waals surface area contributed by atoms with Crippen LogP contribution in [0.15, 0.2) is 17.5 Å². The van der Waals surface area contributed by atoms with Crippen molar-refractivity contribution < 1.29 is 14.3 Å². The second kappa shape index (κ2) is 7.34. The molecule has 1 aromatic heterocycles. The molecule has 5 heteroatoms. The molecule has 0 aromatic carbocycles. The van der Waals surface area contributed by atoms with E-state index in [0.717, 1.165) is 17.8 Å². The Balaban J connectivity index is 1.22. The van der Waals surface area contributed by atoms with Gasteiger partial charge in [-0.2, -0.15) is 0 Å². The molecule has 142 valence electrons. The van der Waals surface area contributed by atoms with Gasteiger partial charge in [-0.15, -0.1) is 11.3 Å². The Morgan fingerprint density at radius 1 is 1.23 bits per heavy atom. The zero-order chi connectivity index (χ0) is 18.1. The number of ether oxygens (including phenoxy) is 1. The molecule has 1 heterocycles. The summed E-state index contributed by atoms with van der Waals surface area (Å²) >= 11 is 1.64. The molecule has 4 nitrogen and oxygen atoms in total. The maximum atomic E-state index is 12.3. The third kappa shape index (κ3) is 3.83. The van der Waals surface area contributed by atoms with Gasteiger partial charge in [0.15, 0.2) is 6.61 Å². The molecule has 4 aliphatic carbocycles. The summed E-state index contributed by atoms with van der Waals surface area (Å²) in [4.78, 5) is 25.3. The minimum Gasteiger partial charge on any atom is -0.456 e. The summed E-state index contributed by atoms with van der Waals surface area (Å²) in [7, 11) is 0. The molecule has 4 fully saturated rings. The molecule has 1 aromatic rings. The van der Waals surface area contributed by atoms with Crippen molar-refractivity contribution in [3.63, 3.8) is 0 Å². The Bertz CT molecular complexity index is 619. The number of thiophene rings is 1. The molecule has 5 rings (SSSR count). The van der Waals surface area contributed by atoms with Crippen molar-refractivity contribution in [2.24, 2.45) is 23.2 Å². The highest BCUT2D eigenvalue weighted by atomic mass is 32.1. The minimum atomic E-state index is -0.295. The molecule has 1 atom stereocenters. The summed E-state index contributed by atoms with van der Waals surface area (Å²) < 4.78 is 5.18. The van der Waals surface area contributed by atoms with E-state index in [1.54, 1.807) is 11.3 Å². The summed E-state index contributed by atoms with van der Waals surface area (Å²) in [5.41, 5.74) is 0.285. The molecule has 4 saturated carbocycles. The second-order valence-corrected chi connectivity index (χ2v) is 9.84. The Morgan fingerprint density at radius 3 is 2.46 bits per heavy atom. The summed E-state index contributed by atoms with van der Waals surface area (Å²) in [5, 5.41) is 5.15. The van der Waals surface area contributed by atoms with E-state index < -0.39 is 0 Å². The van der Waals surface area contributed by atoms with Gasteiger partial charge in [-0.25, -0.2) is 0 Å². The summed E-state index contributed by atoms with van der Waals surface area (Å²) in [6.07, 6.45) is 9.02. The first-order chi connectivity index (χ1) is 12.5. The monoisotopic (exact) mass is 375 g/mol. The van der Waals surface area contributed by atoms with E-state index in [2.05, 4.69) is 12.2 Å². The average Bonchev–Trinajstić information content (AvgIpc) is 3.10. The van der Waals surface area contributed by atoms with Crippen molar-refractivity contribution in [2.45, 2.75) is 64.3 Å². The third-order valence-corrected chi connectivity index (χ3v) is 7.84. The summed E-state index contributed by atoms with van der Waals surface area (Å²) in [6.45, 7) is 2.00. The van der Waals surface area contributed by atoms with Crippen LogP contribution in [-0.2, 0) is 20.7 Å². The quantitative estimate of drug-likeness (QED) is 0.734.